The van der Waals surface area contributed by atoms with Crippen LogP contribution in [0.1, 0.15) is 46.1 Å². The molecule has 0 saturated carbocycles. The molecule has 0 bridgehead atoms. The highest BCUT2D eigenvalue weighted by Gasteiger charge is 2.21. The Kier molecular flexibility index (Phi) is 8.24. The van der Waals surface area contributed by atoms with E-state index in [1.54, 1.807) is 32.9 Å². The first-order valence-electron chi connectivity index (χ1n) is 8.97. The Bertz CT molecular complexity index is 712. The molecule has 1 aromatic rings. The zero-order chi connectivity index (χ0) is 21.5. The van der Waals surface area contributed by atoms with Crippen LogP contribution in [0.15, 0.2) is 18.2 Å². The predicted molar refractivity (Wildman–Crippen MR) is 104 cm³/mol. The van der Waals surface area contributed by atoms with Gasteiger partial charge in [-0.1, -0.05) is 6.07 Å². The van der Waals surface area contributed by atoms with Gasteiger partial charge in [0.15, 0.2) is 0 Å². The highest BCUT2D eigenvalue weighted by atomic mass is 16.6. The third-order valence-electron chi connectivity index (χ3n) is 3.64. The number of ether oxygens (including phenoxy) is 1. The minimum Gasteiger partial charge on any atom is -0.506 e. The Morgan fingerprint density at radius 2 is 1.89 bits per heavy atom. The summed E-state index contributed by atoms with van der Waals surface area (Å²) in [6.45, 7) is 6.70. The van der Waals surface area contributed by atoms with E-state index in [-0.39, 0.29) is 30.7 Å². The summed E-state index contributed by atoms with van der Waals surface area (Å²) in [6, 6.07) is 3.34. The fourth-order valence-corrected chi connectivity index (χ4v) is 2.34. The summed E-state index contributed by atoms with van der Waals surface area (Å²) in [6.07, 6.45) is -0.301. The molecule has 0 fully saturated rings. The first-order chi connectivity index (χ1) is 12.9. The average Bonchev–Trinajstić information content (AvgIpc) is 2.53. The highest BCUT2D eigenvalue weighted by molar-refractivity contribution is 5.95. The first-order valence-corrected chi connectivity index (χ1v) is 8.97. The smallest absolute Gasteiger partial charge is 0.407 e. The van der Waals surface area contributed by atoms with E-state index in [0.717, 1.165) is 0 Å². The SMILES string of the molecule is CC(N)C(=O)Nc1cc(CC(CCC(=O)O)NC(=O)OC(C)(C)C)ccc1O. The van der Waals surface area contributed by atoms with Crippen LogP contribution < -0.4 is 16.4 Å². The number of carbonyl (C=O) groups excluding carboxylic acids is 2. The molecule has 9 nitrogen and oxygen atoms in total. The van der Waals surface area contributed by atoms with Crippen LogP contribution in [0.25, 0.3) is 0 Å². The molecule has 2 amide bonds. The maximum Gasteiger partial charge on any atom is 0.407 e. The molecule has 0 heterocycles. The second kappa shape index (κ2) is 9.93. The summed E-state index contributed by atoms with van der Waals surface area (Å²) < 4.78 is 5.23. The lowest BCUT2D eigenvalue weighted by molar-refractivity contribution is -0.137. The molecule has 0 aromatic heterocycles. The number of nitrogens with two attached hydrogens (primary N) is 1. The molecule has 28 heavy (non-hydrogen) atoms. The average molecular weight is 395 g/mol. The standard InChI is InChI=1S/C19H29N3O6/c1-11(20)17(26)22-14-10-12(5-7-15(14)23)9-13(6-8-16(24)25)21-18(27)28-19(2,3)4/h5,7,10-11,13,23H,6,8-9,20H2,1-4H3,(H,21,27)(H,22,26)(H,24,25). The minimum atomic E-state index is -0.980. The number of amides is 2. The van der Waals surface area contributed by atoms with E-state index >= 15 is 0 Å². The van der Waals surface area contributed by atoms with Gasteiger partial charge >= 0.3 is 12.1 Å². The van der Waals surface area contributed by atoms with Gasteiger partial charge in [-0.3, -0.25) is 9.59 Å². The van der Waals surface area contributed by atoms with Crippen molar-refractivity contribution >= 4 is 23.7 Å². The number of phenolic OH excluding ortho intramolecular Hbond substituents is 1. The number of aliphatic carboxylic acids is 1. The molecule has 0 spiro atoms. The number of rotatable bonds is 8. The molecule has 0 radical (unpaired) electrons. The van der Waals surface area contributed by atoms with Gasteiger partial charge < -0.3 is 31.3 Å². The molecule has 0 aliphatic heterocycles. The maximum absolute atomic E-state index is 12.1. The molecule has 2 unspecified atom stereocenters. The van der Waals surface area contributed by atoms with E-state index in [0.29, 0.717) is 5.56 Å². The molecule has 1 rings (SSSR count). The molecular formula is C19H29N3O6. The molecule has 0 aliphatic carbocycles. The van der Waals surface area contributed by atoms with E-state index in [2.05, 4.69) is 10.6 Å². The molecule has 2 atom stereocenters. The second-order valence-electron chi connectivity index (χ2n) is 7.61. The molecular weight excluding hydrogens is 366 g/mol. The van der Waals surface area contributed by atoms with Crippen molar-refractivity contribution in [3.05, 3.63) is 23.8 Å². The minimum absolute atomic E-state index is 0.125. The van der Waals surface area contributed by atoms with E-state index < -0.39 is 35.7 Å². The quantitative estimate of drug-likeness (QED) is 0.422. The third-order valence-corrected chi connectivity index (χ3v) is 3.64. The van der Waals surface area contributed by atoms with Gasteiger partial charge in [-0.15, -0.1) is 0 Å². The lowest BCUT2D eigenvalue weighted by Gasteiger charge is -2.23. The molecule has 1 aromatic carbocycles. The summed E-state index contributed by atoms with van der Waals surface area (Å²) >= 11 is 0. The number of benzene rings is 1. The number of carboxylic acid groups (broad SMARTS) is 1. The van der Waals surface area contributed by atoms with Gasteiger partial charge in [-0.05, 0) is 58.2 Å². The number of alkyl carbamates (subject to hydrolysis) is 1. The van der Waals surface area contributed by atoms with E-state index in [1.807, 2.05) is 0 Å². The summed E-state index contributed by atoms with van der Waals surface area (Å²) in [5, 5.41) is 24.1. The van der Waals surface area contributed by atoms with Gasteiger partial charge in [-0.25, -0.2) is 4.79 Å². The second-order valence-corrected chi connectivity index (χ2v) is 7.61. The van der Waals surface area contributed by atoms with Crippen molar-refractivity contribution in [2.24, 2.45) is 5.73 Å². The van der Waals surface area contributed by atoms with Crippen LogP contribution in [0.2, 0.25) is 0 Å². The number of carboxylic acids is 1. The fourth-order valence-electron chi connectivity index (χ4n) is 2.34. The Morgan fingerprint density at radius 1 is 1.25 bits per heavy atom. The van der Waals surface area contributed by atoms with Crippen molar-refractivity contribution in [1.82, 2.24) is 5.32 Å². The van der Waals surface area contributed by atoms with Gasteiger partial charge in [0.05, 0.1) is 11.7 Å². The van der Waals surface area contributed by atoms with Crippen molar-refractivity contribution < 1.29 is 29.3 Å². The van der Waals surface area contributed by atoms with E-state index in [4.69, 9.17) is 15.6 Å². The van der Waals surface area contributed by atoms with E-state index in [1.165, 1.54) is 13.0 Å². The predicted octanol–water partition coefficient (Wildman–Crippen LogP) is 1.98. The third kappa shape index (κ3) is 8.72. The Hall–Kier alpha value is -2.81. The van der Waals surface area contributed by atoms with Crippen LogP contribution in [0, 0.1) is 0 Å². The summed E-state index contributed by atoms with van der Waals surface area (Å²) in [5.74, 6) is -1.56. The van der Waals surface area contributed by atoms with Gasteiger partial charge in [0.2, 0.25) is 5.91 Å². The van der Waals surface area contributed by atoms with Gasteiger partial charge in [0, 0.05) is 12.5 Å². The van der Waals surface area contributed by atoms with Crippen molar-refractivity contribution in [3.63, 3.8) is 0 Å². The van der Waals surface area contributed by atoms with Crippen LogP contribution in [0.3, 0.4) is 0 Å². The van der Waals surface area contributed by atoms with Crippen LogP contribution >= 0.6 is 0 Å². The number of hydrogen-bond donors (Lipinski definition) is 5. The monoisotopic (exact) mass is 395 g/mol. The lowest BCUT2D eigenvalue weighted by atomic mass is 10.0. The van der Waals surface area contributed by atoms with E-state index in [9.17, 15) is 19.5 Å². The Balaban J connectivity index is 2.93. The zero-order valence-corrected chi connectivity index (χ0v) is 16.6. The van der Waals surface area contributed by atoms with Gasteiger partial charge in [0.25, 0.3) is 0 Å². The van der Waals surface area contributed by atoms with Crippen LogP contribution in [0.5, 0.6) is 5.75 Å². The van der Waals surface area contributed by atoms with Gasteiger partial charge in [-0.2, -0.15) is 0 Å². The molecule has 6 N–H and O–H groups in total. The highest BCUT2D eigenvalue weighted by Crippen LogP contribution is 2.25. The molecule has 9 heteroatoms. The summed E-state index contributed by atoms with van der Waals surface area (Å²) in [7, 11) is 0. The Labute approximate surface area is 164 Å². The molecule has 0 saturated heterocycles. The Morgan fingerprint density at radius 3 is 2.43 bits per heavy atom. The number of anilines is 1. The van der Waals surface area contributed by atoms with Gasteiger partial charge in [0.1, 0.15) is 11.4 Å². The first kappa shape index (κ1) is 23.2. The zero-order valence-electron chi connectivity index (χ0n) is 16.6. The number of nitrogens with one attached hydrogen (secondary N) is 2. The summed E-state index contributed by atoms with van der Waals surface area (Å²) in [5.41, 5.74) is 5.70. The van der Waals surface area contributed by atoms with Crippen LogP contribution in [-0.2, 0) is 20.7 Å². The van der Waals surface area contributed by atoms with Crippen molar-refractivity contribution in [1.29, 1.82) is 0 Å². The topological polar surface area (TPSA) is 151 Å². The lowest BCUT2D eigenvalue weighted by Crippen LogP contribution is -2.40. The van der Waals surface area contributed by atoms with Crippen LogP contribution in [-0.4, -0.2) is 45.9 Å². The number of carbonyl (C=O) groups is 3. The number of hydrogen-bond acceptors (Lipinski definition) is 6. The molecule has 156 valence electrons. The number of phenols is 1. The molecule has 0 aliphatic rings. The fraction of sp³-hybridized carbons (Fsp3) is 0.526. The van der Waals surface area contributed by atoms with Crippen molar-refractivity contribution in [3.8, 4) is 5.75 Å². The van der Waals surface area contributed by atoms with Crippen molar-refractivity contribution in [2.45, 2.75) is 64.6 Å². The summed E-state index contributed by atoms with van der Waals surface area (Å²) in [4.78, 5) is 34.7. The van der Waals surface area contributed by atoms with Crippen LogP contribution in [0.4, 0.5) is 10.5 Å². The number of aromatic hydroxyl groups is 1. The maximum atomic E-state index is 12.1. The normalized spacial score (nSPS) is 13.3. The van der Waals surface area contributed by atoms with Crippen molar-refractivity contribution in [2.75, 3.05) is 5.32 Å². The largest absolute Gasteiger partial charge is 0.506 e.